The molecule has 15 heavy (non-hydrogen) atoms. The van der Waals surface area contributed by atoms with E-state index in [4.69, 9.17) is 11.6 Å². The molecule has 2 aromatic rings. The average molecular weight is 240 g/mol. The molecule has 0 fully saturated rings. The predicted molar refractivity (Wildman–Crippen MR) is 69.8 cm³/mol. The maximum absolute atomic E-state index is 5.99. The number of aryl methyl sites for hydroxylation is 1. The van der Waals surface area contributed by atoms with Gasteiger partial charge in [0.05, 0.1) is 0 Å². The van der Waals surface area contributed by atoms with E-state index in [1.807, 2.05) is 23.9 Å². The van der Waals surface area contributed by atoms with E-state index in [9.17, 15) is 0 Å². The summed E-state index contributed by atoms with van der Waals surface area (Å²) in [5, 5.41) is 2.06. The molecule has 0 saturated heterocycles. The zero-order chi connectivity index (χ0) is 10.8. The van der Waals surface area contributed by atoms with Crippen molar-refractivity contribution in [1.29, 1.82) is 0 Å². The Labute approximate surface area is 99.4 Å². The van der Waals surface area contributed by atoms with Crippen molar-refractivity contribution in [3.8, 4) is 0 Å². The Bertz CT molecular complexity index is 476. The van der Waals surface area contributed by atoms with Gasteiger partial charge in [-0.25, -0.2) is 0 Å². The van der Waals surface area contributed by atoms with Gasteiger partial charge in [0.1, 0.15) is 0 Å². The largest absolute Gasteiger partial charge is 0.344 e. The zero-order valence-electron chi connectivity index (χ0n) is 8.96. The summed E-state index contributed by atoms with van der Waals surface area (Å²) in [5.41, 5.74) is 2.66. The van der Waals surface area contributed by atoms with Crippen molar-refractivity contribution in [3.63, 3.8) is 0 Å². The quantitative estimate of drug-likeness (QED) is 0.778. The highest BCUT2D eigenvalue weighted by molar-refractivity contribution is 7.97. The van der Waals surface area contributed by atoms with E-state index in [1.165, 1.54) is 16.6 Å². The number of hydrogen-bond donors (Lipinski definition) is 0. The number of benzene rings is 1. The second kappa shape index (κ2) is 4.50. The lowest BCUT2D eigenvalue weighted by Gasteiger charge is -2.06. The number of hydrogen-bond acceptors (Lipinski definition) is 1. The van der Waals surface area contributed by atoms with Crippen molar-refractivity contribution in [2.45, 2.75) is 19.2 Å². The van der Waals surface area contributed by atoms with Crippen LogP contribution in [0.15, 0.2) is 24.3 Å². The first-order valence-electron chi connectivity index (χ1n) is 5.03. The third-order valence-electron chi connectivity index (χ3n) is 2.56. The molecule has 0 radical (unpaired) electrons. The molecule has 0 aliphatic rings. The van der Waals surface area contributed by atoms with Gasteiger partial charge in [0.25, 0.3) is 0 Å². The highest BCUT2D eigenvalue weighted by Crippen LogP contribution is 2.25. The molecule has 0 atom stereocenters. The normalized spacial score (nSPS) is 11.1. The molecule has 0 spiro atoms. The van der Waals surface area contributed by atoms with Gasteiger partial charge in [-0.15, -0.1) is 0 Å². The maximum Gasteiger partial charge on any atom is 0.0483 e. The smallest absolute Gasteiger partial charge is 0.0483 e. The predicted octanol–water partition coefficient (Wildman–Crippen LogP) is 4.18. The van der Waals surface area contributed by atoms with E-state index >= 15 is 0 Å². The molecular formula is C12H14ClNS. The van der Waals surface area contributed by atoms with Crippen LogP contribution in [-0.4, -0.2) is 10.8 Å². The molecule has 1 aromatic carbocycles. The molecule has 0 amide bonds. The molecule has 1 aromatic heterocycles. The fourth-order valence-corrected chi connectivity index (χ4v) is 2.66. The summed E-state index contributed by atoms with van der Waals surface area (Å²) in [7, 11) is 0. The van der Waals surface area contributed by atoms with Crippen LogP contribution < -0.4 is 0 Å². The van der Waals surface area contributed by atoms with Crippen LogP contribution in [-0.2, 0) is 12.3 Å². The lowest BCUT2D eigenvalue weighted by molar-refractivity contribution is 0.766. The molecule has 0 aliphatic carbocycles. The summed E-state index contributed by atoms with van der Waals surface area (Å²) >= 11 is 7.84. The lowest BCUT2D eigenvalue weighted by atomic mass is 10.2. The first-order valence-corrected chi connectivity index (χ1v) is 6.80. The fraction of sp³-hybridized carbons (Fsp3) is 0.333. The minimum absolute atomic E-state index is 0.812. The summed E-state index contributed by atoms with van der Waals surface area (Å²) in [6, 6.07) is 8.33. The first-order chi connectivity index (χ1) is 7.26. The Balaban J connectivity index is 2.62. The monoisotopic (exact) mass is 239 g/mol. The molecule has 3 heteroatoms. The zero-order valence-corrected chi connectivity index (χ0v) is 10.5. The van der Waals surface area contributed by atoms with Gasteiger partial charge >= 0.3 is 0 Å². The van der Waals surface area contributed by atoms with Crippen LogP contribution in [0.5, 0.6) is 0 Å². The van der Waals surface area contributed by atoms with Gasteiger partial charge in [-0.1, -0.05) is 11.6 Å². The van der Waals surface area contributed by atoms with Crippen molar-refractivity contribution in [3.05, 3.63) is 35.0 Å². The molecule has 0 bridgehead atoms. The molecule has 80 valence electrons. The first kappa shape index (κ1) is 10.9. The molecule has 0 unspecified atom stereocenters. The minimum atomic E-state index is 0.812. The van der Waals surface area contributed by atoms with E-state index in [0.29, 0.717) is 0 Å². The number of nitrogens with zero attached hydrogens (tertiary/aromatic N) is 1. The summed E-state index contributed by atoms with van der Waals surface area (Å²) in [6.45, 7) is 3.19. The third kappa shape index (κ3) is 2.01. The van der Waals surface area contributed by atoms with Crippen LogP contribution in [0.1, 0.15) is 12.6 Å². The number of rotatable bonds is 3. The van der Waals surface area contributed by atoms with Gasteiger partial charge in [-0.05, 0) is 37.4 Å². The Morgan fingerprint density at radius 1 is 1.33 bits per heavy atom. The molecule has 1 nitrogen and oxygen atoms in total. The number of fused-ring (bicyclic) bond motifs is 1. The van der Waals surface area contributed by atoms with Crippen molar-refractivity contribution < 1.29 is 0 Å². The van der Waals surface area contributed by atoms with Crippen LogP contribution in [0.25, 0.3) is 10.9 Å². The number of thioether (sulfide) groups is 1. The number of halogens is 1. The molecule has 0 N–H and O–H groups in total. The van der Waals surface area contributed by atoms with Gasteiger partial charge in [0.2, 0.25) is 0 Å². The summed E-state index contributed by atoms with van der Waals surface area (Å²) in [6.07, 6.45) is 2.13. The standard InChI is InChI=1S/C12H14ClNS/c1-3-14-11(8-15-2)7-9-6-10(13)4-5-12(9)14/h4-7H,3,8H2,1-2H3. The van der Waals surface area contributed by atoms with E-state index in [-0.39, 0.29) is 0 Å². The van der Waals surface area contributed by atoms with E-state index in [1.54, 1.807) is 0 Å². The lowest BCUT2D eigenvalue weighted by Crippen LogP contribution is -1.98. The number of aromatic nitrogens is 1. The van der Waals surface area contributed by atoms with Gasteiger partial charge in [-0.3, -0.25) is 0 Å². The highest BCUT2D eigenvalue weighted by atomic mass is 35.5. The van der Waals surface area contributed by atoms with E-state index in [0.717, 1.165) is 17.3 Å². The van der Waals surface area contributed by atoms with Crippen LogP contribution in [0.2, 0.25) is 5.02 Å². The van der Waals surface area contributed by atoms with Gasteiger partial charge in [0.15, 0.2) is 0 Å². The molecule has 2 rings (SSSR count). The van der Waals surface area contributed by atoms with Crippen molar-refractivity contribution in [2.24, 2.45) is 0 Å². The topological polar surface area (TPSA) is 4.93 Å². The van der Waals surface area contributed by atoms with E-state index < -0.39 is 0 Å². The SMILES string of the molecule is CCn1c(CSC)cc2cc(Cl)ccc21. The Hall–Kier alpha value is -0.600. The van der Waals surface area contributed by atoms with Crippen molar-refractivity contribution >= 4 is 34.3 Å². The summed E-state index contributed by atoms with van der Waals surface area (Å²) in [4.78, 5) is 0. The van der Waals surface area contributed by atoms with E-state index in [2.05, 4.69) is 29.9 Å². The van der Waals surface area contributed by atoms with Crippen LogP contribution in [0.3, 0.4) is 0 Å². The third-order valence-corrected chi connectivity index (χ3v) is 3.38. The minimum Gasteiger partial charge on any atom is -0.344 e. The Morgan fingerprint density at radius 2 is 2.13 bits per heavy atom. The van der Waals surface area contributed by atoms with Crippen LogP contribution in [0, 0.1) is 0 Å². The molecule has 1 heterocycles. The Kier molecular flexibility index (Phi) is 3.27. The maximum atomic E-state index is 5.99. The Morgan fingerprint density at radius 3 is 2.80 bits per heavy atom. The molecule has 0 aliphatic heterocycles. The average Bonchev–Trinajstić information content (AvgIpc) is 2.54. The highest BCUT2D eigenvalue weighted by Gasteiger charge is 2.06. The second-order valence-corrected chi connectivity index (χ2v) is 4.82. The summed E-state index contributed by atoms with van der Waals surface area (Å²) < 4.78 is 2.35. The second-order valence-electron chi connectivity index (χ2n) is 3.52. The van der Waals surface area contributed by atoms with Crippen LogP contribution >= 0.6 is 23.4 Å². The van der Waals surface area contributed by atoms with Gasteiger partial charge in [0, 0.05) is 33.9 Å². The molecule has 0 saturated carbocycles. The van der Waals surface area contributed by atoms with Crippen molar-refractivity contribution in [1.82, 2.24) is 4.57 Å². The van der Waals surface area contributed by atoms with Gasteiger partial charge < -0.3 is 4.57 Å². The molecular weight excluding hydrogens is 226 g/mol. The van der Waals surface area contributed by atoms with Crippen molar-refractivity contribution in [2.75, 3.05) is 6.26 Å². The summed E-state index contributed by atoms with van der Waals surface area (Å²) in [5.74, 6) is 1.06. The van der Waals surface area contributed by atoms with Crippen LogP contribution in [0.4, 0.5) is 0 Å². The fourth-order valence-electron chi connectivity index (χ4n) is 1.94. The van der Waals surface area contributed by atoms with Gasteiger partial charge in [-0.2, -0.15) is 11.8 Å².